The zero-order chi connectivity index (χ0) is 22.2. The fourth-order valence-electron chi connectivity index (χ4n) is 4.45. The Morgan fingerprint density at radius 2 is 1.68 bits per heavy atom. The zero-order valence-corrected chi connectivity index (χ0v) is 19.0. The highest BCUT2D eigenvalue weighted by molar-refractivity contribution is 7.91. The average Bonchev–Trinajstić information content (AvgIpc) is 3.07. The summed E-state index contributed by atoms with van der Waals surface area (Å²) in [4.78, 5) is 16.7. The van der Waals surface area contributed by atoms with Crippen molar-refractivity contribution in [3.05, 3.63) is 53.1 Å². The number of ether oxygens (including phenoxy) is 2. The lowest BCUT2D eigenvalue weighted by Gasteiger charge is -2.43. The van der Waals surface area contributed by atoms with Crippen LogP contribution >= 0.6 is 11.6 Å². The van der Waals surface area contributed by atoms with Gasteiger partial charge in [0.1, 0.15) is 0 Å². The fraction of sp³-hybridized carbons (Fsp3) is 0.409. The van der Waals surface area contributed by atoms with Gasteiger partial charge in [-0.15, -0.1) is 0 Å². The molecule has 0 aromatic heterocycles. The van der Waals surface area contributed by atoms with Crippen LogP contribution in [0.4, 0.5) is 5.69 Å². The topological polar surface area (TPSA) is 76.2 Å². The Kier molecular flexibility index (Phi) is 6.14. The van der Waals surface area contributed by atoms with E-state index in [1.807, 2.05) is 23.1 Å². The highest BCUT2D eigenvalue weighted by atomic mass is 35.5. The minimum absolute atomic E-state index is 0.0289. The lowest BCUT2D eigenvalue weighted by Crippen LogP contribution is -2.62. The molecule has 0 unspecified atom stereocenters. The van der Waals surface area contributed by atoms with E-state index in [1.54, 1.807) is 43.4 Å². The zero-order valence-electron chi connectivity index (χ0n) is 17.5. The first-order valence-corrected chi connectivity index (χ1v) is 12.2. The van der Waals surface area contributed by atoms with E-state index in [0.717, 1.165) is 5.56 Å². The van der Waals surface area contributed by atoms with Gasteiger partial charge in [0.2, 0.25) is 5.91 Å². The molecule has 1 amide bonds. The summed E-state index contributed by atoms with van der Waals surface area (Å²) < 4.78 is 35.6. The van der Waals surface area contributed by atoms with Crippen LogP contribution in [0.25, 0.3) is 0 Å². The number of hydrogen-bond acceptors (Lipinski definition) is 6. The van der Waals surface area contributed by atoms with E-state index in [0.29, 0.717) is 35.2 Å². The second-order valence-electron chi connectivity index (χ2n) is 7.86. The number of carbonyl (C=O) groups is 1. The fourth-order valence-corrected chi connectivity index (χ4v) is 6.56. The van der Waals surface area contributed by atoms with E-state index >= 15 is 0 Å². The number of benzene rings is 2. The number of halogens is 1. The van der Waals surface area contributed by atoms with Crippen molar-refractivity contribution in [3.8, 4) is 11.5 Å². The lowest BCUT2D eigenvalue weighted by molar-refractivity contribution is -0.123. The molecule has 0 saturated carbocycles. The van der Waals surface area contributed by atoms with Crippen molar-refractivity contribution in [2.45, 2.75) is 18.5 Å². The van der Waals surface area contributed by atoms with Crippen molar-refractivity contribution in [1.29, 1.82) is 0 Å². The number of fused-ring (bicyclic) bond motifs is 1. The Bertz CT molecular complexity index is 1070. The van der Waals surface area contributed by atoms with Crippen molar-refractivity contribution in [1.82, 2.24) is 4.90 Å². The molecule has 2 aliphatic heterocycles. The van der Waals surface area contributed by atoms with Gasteiger partial charge >= 0.3 is 0 Å². The molecule has 31 heavy (non-hydrogen) atoms. The van der Waals surface area contributed by atoms with E-state index in [1.165, 1.54) is 0 Å². The number of rotatable bonds is 6. The van der Waals surface area contributed by atoms with Crippen LogP contribution in [-0.2, 0) is 21.1 Å². The quantitative estimate of drug-likeness (QED) is 0.653. The Labute approximate surface area is 187 Å². The number of hydrogen-bond donors (Lipinski definition) is 0. The highest BCUT2D eigenvalue weighted by Gasteiger charge is 2.49. The number of nitrogens with zero attached hydrogens (tertiary/aromatic N) is 2. The molecule has 4 rings (SSSR count). The Hall–Kier alpha value is -2.29. The molecule has 2 heterocycles. The van der Waals surface area contributed by atoms with Crippen molar-refractivity contribution in [2.75, 3.05) is 43.7 Å². The van der Waals surface area contributed by atoms with Crippen LogP contribution in [0.2, 0.25) is 5.02 Å². The maximum Gasteiger partial charge on any atom is 0.241 e. The van der Waals surface area contributed by atoms with Gasteiger partial charge in [-0.1, -0.05) is 17.7 Å². The molecule has 9 heteroatoms. The van der Waals surface area contributed by atoms with E-state index in [-0.39, 0.29) is 30.0 Å². The predicted molar refractivity (Wildman–Crippen MR) is 120 cm³/mol. The van der Waals surface area contributed by atoms with Gasteiger partial charge in [-0.25, -0.2) is 8.42 Å². The average molecular weight is 465 g/mol. The third kappa shape index (κ3) is 4.51. The molecule has 2 aromatic rings. The molecule has 0 spiro atoms. The van der Waals surface area contributed by atoms with Crippen molar-refractivity contribution < 1.29 is 22.7 Å². The van der Waals surface area contributed by atoms with Gasteiger partial charge in [-0.2, -0.15) is 0 Å². The summed E-state index contributed by atoms with van der Waals surface area (Å²) in [6.07, 6.45) is 0.665. The minimum atomic E-state index is -3.24. The summed E-state index contributed by atoms with van der Waals surface area (Å²) in [6, 6.07) is 12.0. The van der Waals surface area contributed by atoms with Gasteiger partial charge in [-0.05, 0) is 48.4 Å². The number of sulfone groups is 1. The second-order valence-corrected chi connectivity index (χ2v) is 10.5. The van der Waals surface area contributed by atoms with E-state index in [4.69, 9.17) is 21.1 Å². The summed E-state index contributed by atoms with van der Waals surface area (Å²) in [5.74, 6) is 1.22. The summed E-state index contributed by atoms with van der Waals surface area (Å²) >= 11 is 5.98. The third-order valence-corrected chi connectivity index (χ3v) is 7.89. The van der Waals surface area contributed by atoms with E-state index in [2.05, 4.69) is 0 Å². The molecular weight excluding hydrogens is 440 g/mol. The first-order valence-electron chi connectivity index (χ1n) is 10.0. The smallest absolute Gasteiger partial charge is 0.241 e. The molecule has 0 bridgehead atoms. The lowest BCUT2D eigenvalue weighted by atomic mass is 10.0. The summed E-state index contributed by atoms with van der Waals surface area (Å²) in [5, 5.41) is 0.570. The van der Waals surface area contributed by atoms with Crippen LogP contribution in [0, 0.1) is 0 Å². The largest absolute Gasteiger partial charge is 0.493 e. The normalized spacial score (nSPS) is 22.9. The van der Waals surface area contributed by atoms with Gasteiger partial charge in [-0.3, -0.25) is 9.69 Å². The molecule has 2 aliphatic rings. The molecule has 2 atom stereocenters. The van der Waals surface area contributed by atoms with Crippen molar-refractivity contribution >= 4 is 33.0 Å². The number of amides is 1. The monoisotopic (exact) mass is 464 g/mol. The van der Waals surface area contributed by atoms with E-state index < -0.39 is 15.9 Å². The molecule has 2 saturated heterocycles. The third-order valence-electron chi connectivity index (χ3n) is 5.94. The standard InChI is InChI=1S/C22H25ClN2O5S/c1-29-20-8-3-15(11-21(20)30-2)9-10-24-12-22(26)25(17-6-4-16(23)5-7-17)19-14-31(27,28)13-18(19)24/h3-8,11,18-19H,9-10,12-14H2,1-2H3/t18-,19+/m1/s1. The van der Waals surface area contributed by atoms with Crippen molar-refractivity contribution in [3.63, 3.8) is 0 Å². The molecule has 0 radical (unpaired) electrons. The highest BCUT2D eigenvalue weighted by Crippen LogP contribution is 2.33. The van der Waals surface area contributed by atoms with Crippen LogP contribution in [-0.4, -0.2) is 70.1 Å². The molecule has 166 valence electrons. The summed E-state index contributed by atoms with van der Waals surface area (Å²) in [5.41, 5.74) is 1.71. The Morgan fingerprint density at radius 1 is 1.00 bits per heavy atom. The summed E-state index contributed by atoms with van der Waals surface area (Å²) in [6.45, 7) is 0.749. The SMILES string of the molecule is COc1ccc(CCN2CC(=O)N(c3ccc(Cl)cc3)[C@H]3CS(=O)(=O)C[C@H]32)cc1OC. The Balaban J connectivity index is 1.55. The number of methoxy groups -OCH3 is 2. The first-order chi connectivity index (χ1) is 14.8. The molecule has 0 aliphatic carbocycles. The molecule has 2 aromatic carbocycles. The number of anilines is 1. The van der Waals surface area contributed by atoms with E-state index in [9.17, 15) is 13.2 Å². The van der Waals surface area contributed by atoms with Crippen LogP contribution in [0.15, 0.2) is 42.5 Å². The maximum absolute atomic E-state index is 13.1. The number of piperazine rings is 1. The van der Waals surface area contributed by atoms with Gasteiger partial charge in [0.15, 0.2) is 21.3 Å². The molecular formula is C22H25ClN2O5S. The first kappa shape index (κ1) is 21.9. The van der Waals surface area contributed by atoms with Gasteiger partial charge in [0, 0.05) is 23.3 Å². The van der Waals surface area contributed by atoms with Crippen LogP contribution in [0.3, 0.4) is 0 Å². The van der Waals surface area contributed by atoms with Gasteiger partial charge < -0.3 is 14.4 Å². The number of carbonyl (C=O) groups excluding carboxylic acids is 1. The minimum Gasteiger partial charge on any atom is -0.493 e. The predicted octanol–water partition coefficient (Wildman–Crippen LogP) is 2.41. The maximum atomic E-state index is 13.1. The van der Waals surface area contributed by atoms with Gasteiger partial charge in [0.25, 0.3) is 0 Å². The second kappa shape index (κ2) is 8.68. The molecule has 0 N–H and O–H groups in total. The van der Waals surface area contributed by atoms with Crippen LogP contribution < -0.4 is 14.4 Å². The Morgan fingerprint density at radius 3 is 2.35 bits per heavy atom. The van der Waals surface area contributed by atoms with Crippen LogP contribution in [0.1, 0.15) is 5.56 Å². The molecule has 7 nitrogen and oxygen atoms in total. The van der Waals surface area contributed by atoms with Gasteiger partial charge in [0.05, 0.1) is 38.3 Å². The summed E-state index contributed by atoms with van der Waals surface area (Å²) in [7, 11) is -0.0602. The van der Waals surface area contributed by atoms with Crippen molar-refractivity contribution in [2.24, 2.45) is 0 Å². The van der Waals surface area contributed by atoms with Crippen LogP contribution in [0.5, 0.6) is 11.5 Å². The molecule has 2 fully saturated rings.